The third-order valence-electron chi connectivity index (χ3n) is 25.2. The van der Waals surface area contributed by atoms with Gasteiger partial charge in [-0.3, -0.25) is 24.5 Å². The number of nitrogens with zero attached hydrogens (tertiary/aromatic N) is 2. The summed E-state index contributed by atoms with van der Waals surface area (Å²) in [5, 5.41) is 106. The normalized spacial score (nSPS) is 43.5. The highest BCUT2D eigenvalue weighted by atomic mass is 16.8. The van der Waals surface area contributed by atoms with Gasteiger partial charge in [0.05, 0.1) is 121 Å². The minimum absolute atomic E-state index is 0.0384. The summed E-state index contributed by atoms with van der Waals surface area (Å²) in [6, 6.07) is 1.31. The molecule has 9 heterocycles. The van der Waals surface area contributed by atoms with Crippen molar-refractivity contribution in [3.63, 3.8) is 0 Å². The number of carbonyl (C=O) groups excluding carboxylic acids is 4. The minimum Gasteiger partial charge on any atom is -0.507 e. The van der Waals surface area contributed by atoms with E-state index in [9.17, 15) is 60.2 Å². The number of benzene rings is 2. The number of aliphatic carboxylic acids is 1. The zero-order chi connectivity index (χ0) is 86.4. The van der Waals surface area contributed by atoms with Crippen LogP contribution in [0.25, 0.3) is 0 Å². The van der Waals surface area contributed by atoms with E-state index in [-0.39, 0.29) is 67.4 Å². The number of carbonyl (C=O) groups is 5. The summed E-state index contributed by atoms with van der Waals surface area (Å²) in [5.41, 5.74) is -8.27. The van der Waals surface area contributed by atoms with Crippen LogP contribution >= 0.6 is 0 Å². The first-order chi connectivity index (χ1) is 56.2. The number of hydrogen-bond acceptors (Lipinski definition) is 37. The number of esters is 2. The number of rotatable bonds is 24. The number of likely N-dealkylation sites (N-methyl/N-ethyl adjacent to an activating group) is 1. The van der Waals surface area contributed by atoms with Gasteiger partial charge in [-0.15, -0.1) is 0 Å². The van der Waals surface area contributed by atoms with Crippen LogP contribution in [0.1, 0.15) is 181 Å². The summed E-state index contributed by atoms with van der Waals surface area (Å²) in [6.45, 7) is 15.9. The van der Waals surface area contributed by atoms with E-state index in [4.69, 9.17) is 109 Å². The van der Waals surface area contributed by atoms with Crippen molar-refractivity contribution in [2.24, 2.45) is 0 Å². The summed E-state index contributed by atoms with van der Waals surface area (Å²) >= 11 is 0. The molecule has 0 amide bonds. The highest BCUT2D eigenvalue weighted by Gasteiger charge is 2.64. The Bertz CT molecular complexity index is 4050. The van der Waals surface area contributed by atoms with Gasteiger partial charge in [0.25, 0.3) is 5.54 Å². The third-order valence-corrected chi connectivity index (χ3v) is 25.2. The zero-order valence-corrected chi connectivity index (χ0v) is 69.3. The van der Waals surface area contributed by atoms with E-state index in [0.29, 0.717) is 6.08 Å². The summed E-state index contributed by atoms with van der Waals surface area (Å²) < 4.78 is 136. The predicted octanol–water partition coefficient (Wildman–Crippen LogP) is 2.58. The maximum absolute atomic E-state index is 15.7. The number of carboxylic acids is 1. The van der Waals surface area contributed by atoms with Crippen LogP contribution in [0.4, 0.5) is 0 Å². The Hall–Kier alpha value is -6.27. The summed E-state index contributed by atoms with van der Waals surface area (Å²) in [5.74, 6) is -8.80. The molecule has 36 atom stereocenters. The van der Waals surface area contributed by atoms with Gasteiger partial charge >= 0.3 is 17.9 Å². The van der Waals surface area contributed by atoms with E-state index in [2.05, 4.69) is 0 Å². The number of phenols is 2. The molecule has 0 radical (unpaired) electrons. The van der Waals surface area contributed by atoms with E-state index in [1.165, 1.54) is 48.4 Å². The van der Waals surface area contributed by atoms with Crippen LogP contribution in [0.2, 0.25) is 0 Å². The number of carboxylic acid groups (broad SMARTS) is 1. The van der Waals surface area contributed by atoms with Gasteiger partial charge in [0.1, 0.15) is 77.6 Å². The molecule has 9 aliphatic heterocycles. The van der Waals surface area contributed by atoms with Crippen molar-refractivity contribution in [1.82, 2.24) is 4.90 Å². The Balaban J connectivity index is 0.679. The quantitative estimate of drug-likeness (QED) is 0.0276. The molecule has 39 heteroatoms. The Morgan fingerprint density at radius 2 is 1.03 bits per heavy atom. The average Bonchev–Trinajstić information content (AvgIpc) is 0.690. The highest BCUT2D eigenvalue weighted by Crippen LogP contribution is 2.58. The van der Waals surface area contributed by atoms with Gasteiger partial charge < -0.3 is 150 Å². The van der Waals surface area contributed by atoms with Crippen LogP contribution < -0.4 is 4.74 Å². The van der Waals surface area contributed by atoms with E-state index in [0.717, 1.165) is 19.3 Å². The zero-order valence-electron chi connectivity index (χ0n) is 69.3. The van der Waals surface area contributed by atoms with Crippen LogP contribution in [0.3, 0.4) is 0 Å². The topological polar surface area (TPSA) is 497 Å². The van der Waals surface area contributed by atoms with E-state index < -0.39 is 294 Å². The molecular weight excluding hydrogens is 1580 g/mol. The molecule has 0 saturated carbocycles. The number of ether oxygens (including phenoxy) is 22. The second kappa shape index (κ2) is 35.8. The maximum atomic E-state index is 15.7. The monoisotopic (exact) mass is 1690 g/mol. The minimum atomic E-state index is -2.06. The number of phenolic OH excluding ortho intramolecular Hbond substituents is 2. The third kappa shape index (κ3) is 17.4. The molecule has 2 aliphatic carbocycles. The van der Waals surface area contributed by atoms with Gasteiger partial charge in [0.2, 0.25) is 12.1 Å². The number of methoxy groups -OCH3 is 5. The molecule has 0 aromatic heterocycles. The van der Waals surface area contributed by atoms with Gasteiger partial charge in [-0.05, 0) is 94.1 Å². The lowest BCUT2D eigenvalue weighted by Crippen LogP contribution is -2.70. The van der Waals surface area contributed by atoms with Crippen LogP contribution in [0.5, 0.6) is 17.2 Å². The first-order valence-corrected chi connectivity index (χ1v) is 40.1. The summed E-state index contributed by atoms with van der Waals surface area (Å²) in [7, 11) is 10.2. The van der Waals surface area contributed by atoms with Crippen LogP contribution in [0, 0.1) is 10.1 Å². The molecule has 39 nitrogen and oxygen atoms in total. The first-order valence-electron chi connectivity index (χ1n) is 40.1. The number of hydrogen-bond donors (Lipinski definition) is 8. The molecule has 8 fully saturated rings. The fourth-order valence-corrected chi connectivity index (χ4v) is 19.2. The second-order valence-electron chi connectivity index (χ2n) is 33.6. The largest absolute Gasteiger partial charge is 0.507 e. The fraction of sp³-hybridized carbons (Fsp3) is 0.762. The van der Waals surface area contributed by atoms with Crippen molar-refractivity contribution in [2.75, 3.05) is 49.6 Å². The number of nitro groups is 1. The Morgan fingerprint density at radius 3 is 1.55 bits per heavy atom. The van der Waals surface area contributed by atoms with Crippen molar-refractivity contribution < 1.29 is 174 Å². The lowest BCUT2D eigenvalue weighted by atomic mass is 9.68. The van der Waals surface area contributed by atoms with Crippen LogP contribution in [-0.2, 0) is 119 Å². The molecule has 13 rings (SSSR count). The van der Waals surface area contributed by atoms with Crippen LogP contribution in [-0.4, -0.2) is 332 Å². The molecule has 119 heavy (non-hydrogen) atoms. The van der Waals surface area contributed by atoms with Crippen molar-refractivity contribution in [2.45, 2.75) is 340 Å². The predicted molar refractivity (Wildman–Crippen MR) is 398 cm³/mol. The lowest BCUT2D eigenvalue weighted by molar-refractivity contribution is -0.599. The molecule has 11 aliphatic rings. The first kappa shape index (κ1) is 90.5. The van der Waals surface area contributed by atoms with Crippen molar-refractivity contribution in [1.29, 1.82) is 0 Å². The Morgan fingerprint density at radius 1 is 0.555 bits per heavy atom. The van der Waals surface area contributed by atoms with Gasteiger partial charge in [0.15, 0.2) is 62.0 Å². The van der Waals surface area contributed by atoms with Gasteiger partial charge in [-0.2, -0.15) is 0 Å². The Labute approximate surface area is 686 Å². The molecule has 664 valence electrons. The fourth-order valence-electron chi connectivity index (χ4n) is 19.2. The maximum Gasteiger partial charge on any atom is 0.331 e. The van der Waals surface area contributed by atoms with E-state index in [1.54, 1.807) is 74.4 Å². The van der Waals surface area contributed by atoms with Crippen LogP contribution in [0.15, 0.2) is 24.3 Å². The van der Waals surface area contributed by atoms with Crippen molar-refractivity contribution in [3.05, 3.63) is 73.3 Å². The van der Waals surface area contributed by atoms with Gasteiger partial charge in [0, 0.05) is 114 Å². The number of aliphatic hydroxyl groups is 5. The van der Waals surface area contributed by atoms with Gasteiger partial charge in [-0.1, -0.05) is 0 Å². The SMILES string of the molecule is COC(=O)[C@@H]1c2cc3c(c(O)c2[C@@H](O[C@H]2C[C@H](OC)[C@H](O[C@H]4C[C@H](O)[C@H](O[C@H]5C[C@H](OC)[C@H](O[C@H]6C[C@H](OC)[C@H](OC(=O)/C=C/C(=O)O)[C@H](C)O6)[C@H](C)O5)[C@H](C)O4)[C@H](C)O2)C[C@]1(C)O)C(=O)c1c(O)cc2c(c1C3=O)O[C@H]1O[C@]2(C)[C@@H](O[C@H]2C[C@H](O)[C@H](O[C@@H]3C[C@@](C)([N+](=O)[O-])[C@@H](O[C@H]4C[C@H](OC)[C@H](O)[C@H](C)O4)[C@H](C)O3)[C@H](C)O2)[C@@H](N(C)C)[C@@H]1O. The molecule has 2 aromatic rings. The molecule has 2 bridgehead atoms. The molecule has 0 unspecified atom stereocenters. The molecule has 0 spiro atoms. The lowest BCUT2D eigenvalue weighted by Gasteiger charge is -2.56. The second-order valence-corrected chi connectivity index (χ2v) is 33.6. The van der Waals surface area contributed by atoms with E-state index >= 15 is 9.59 Å². The van der Waals surface area contributed by atoms with Gasteiger partial charge in [-0.25, -0.2) is 9.59 Å². The average molecular weight is 1690 g/mol. The Kier molecular flexibility index (Phi) is 27.2. The number of aliphatic hydroxyl groups excluding tert-OH is 4. The van der Waals surface area contributed by atoms with E-state index in [1.807, 2.05) is 0 Å². The number of fused-ring (bicyclic) bond motifs is 8. The van der Waals surface area contributed by atoms with Crippen molar-refractivity contribution in [3.8, 4) is 17.2 Å². The smallest absolute Gasteiger partial charge is 0.331 e. The molecular formula is C80H112N2O37. The number of ketones is 2. The standard InChI is InChI=1S/C80H112N2O37/c1-30-63(89)43(98-13)24-55(103-30)116-74-36(7)109-56(29-78(74,8)82(96)97)115-69-32(3)105-51(23-42(69)85)117-75-62(81(11)12)67(93)77-118-73-39(80(75,10)119-77)21-40(83)59-60(73)64(90)38-20-37-57(65(91)58(38)66(59)92)47(28-79(9,95)61(37)76(94)102-17)110-52-25-45(100-15)71(34(5)106-52)113-50-22-41(84)68(31(2)104-50)112-53-27-46(101-16)72(35(6)108-53)114-54-26-44(99-14)70(33(4)107-54)111-49(88)19-18-48(86)87/h18-21,30-36,41-47,50-56,61-63,67-72,74-75,77,83-85,89,91,93,95H,22-29H2,1-17H3,(H,86,87)/b19-18+/t30-,31-,32-,33-,34-,35-,36-,41-,42-,43-,44-,45-,46-,47-,50-,51-,52-,53-,54-,55-,56+,61-,62-,63+,67-,68+,69+,70+,71+,72+,74-,75-,77-,78+,79-,80-/m0/s1. The molecule has 8 saturated heterocycles. The molecule has 2 aromatic carbocycles. The van der Waals surface area contributed by atoms with Crippen molar-refractivity contribution >= 4 is 29.5 Å². The molecule has 8 N–H and O–H groups in total. The number of aromatic hydroxyl groups is 2. The summed E-state index contributed by atoms with van der Waals surface area (Å²) in [6.07, 6.45) is -30.4. The summed E-state index contributed by atoms with van der Waals surface area (Å²) in [4.78, 5) is 82.7. The highest BCUT2D eigenvalue weighted by molar-refractivity contribution is 6.31.